The normalized spacial score (nSPS) is 20.5. The summed E-state index contributed by atoms with van der Waals surface area (Å²) >= 11 is 1.35. The Balaban J connectivity index is 2.15. The molecule has 0 radical (unpaired) electrons. The summed E-state index contributed by atoms with van der Waals surface area (Å²) in [5.74, 6) is 2.47. The molecule has 1 aromatic heterocycles. The second-order valence-corrected chi connectivity index (χ2v) is 4.88. The molecular weight excluding hydrogens is 220 g/mol. The standard InChI is InChI=1S/C12H14N2OS/c1-3-11-13-10(8-16-11)12(15)14-7-5-4-6-9(14)2/h1,8-9H,4-7H2,2H3. The van der Waals surface area contributed by atoms with Gasteiger partial charge in [0.05, 0.1) is 0 Å². The van der Waals surface area contributed by atoms with Crippen molar-refractivity contribution in [2.24, 2.45) is 0 Å². The minimum atomic E-state index is 0.0185. The van der Waals surface area contributed by atoms with Crippen molar-refractivity contribution < 1.29 is 4.79 Å². The van der Waals surface area contributed by atoms with E-state index in [4.69, 9.17) is 6.42 Å². The second kappa shape index (κ2) is 4.67. The minimum absolute atomic E-state index is 0.0185. The summed E-state index contributed by atoms with van der Waals surface area (Å²) in [6.45, 7) is 2.93. The van der Waals surface area contributed by atoms with Crippen LogP contribution in [0.25, 0.3) is 0 Å². The summed E-state index contributed by atoms with van der Waals surface area (Å²) in [6.07, 6.45) is 8.61. The van der Waals surface area contributed by atoms with Crippen molar-refractivity contribution in [2.45, 2.75) is 32.2 Å². The van der Waals surface area contributed by atoms with Crippen molar-refractivity contribution in [3.05, 3.63) is 16.1 Å². The number of carbonyl (C=O) groups excluding carboxylic acids is 1. The smallest absolute Gasteiger partial charge is 0.273 e. The molecule has 2 heterocycles. The molecule has 1 saturated heterocycles. The monoisotopic (exact) mass is 234 g/mol. The summed E-state index contributed by atoms with van der Waals surface area (Å²) in [5.41, 5.74) is 0.492. The maximum atomic E-state index is 12.1. The van der Waals surface area contributed by atoms with Crippen molar-refractivity contribution in [3.63, 3.8) is 0 Å². The van der Waals surface area contributed by atoms with Crippen LogP contribution in [0.4, 0.5) is 0 Å². The fraction of sp³-hybridized carbons (Fsp3) is 0.500. The van der Waals surface area contributed by atoms with Crippen LogP contribution >= 0.6 is 11.3 Å². The van der Waals surface area contributed by atoms with Crippen LogP contribution in [0.5, 0.6) is 0 Å². The number of aromatic nitrogens is 1. The molecule has 0 saturated carbocycles. The van der Waals surface area contributed by atoms with Gasteiger partial charge in [-0.15, -0.1) is 17.8 Å². The molecule has 1 atom stereocenters. The summed E-state index contributed by atoms with van der Waals surface area (Å²) in [5, 5.41) is 2.33. The Morgan fingerprint density at radius 2 is 2.50 bits per heavy atom. The maximum Gasteiger partial charge on any atom is 0.273 e. The number of carbonyl (C=O) groups is 1. The summed E-state index contributed by atoms with van der Waals surface area (Å²) in [4.78, 5) is 18.2. The van der Waals surface area contributed by atoms with Gasteiger partial charge in [0, 0.05) is 18.0 Å². The van der Waals surface area contributed by atoms with Gasteiger partial charge in [0.2, 0.25) is 0 Å². The molecule has 0 aliphatic carbocycles. The summed E-state index contributed by atoms with van der Waals surface area (Å²) in [7, 11) is 0. The van der Waals surface area contributed by atoms with Crippen LogP contribution in [0.1, 0.15) is 41.7 Å². The van der Waals surface area contributed by atoms with Crippen molar-refractivity contribution >= 4 is 17.2 Å². The molecule has 1 fully saturated rings. The number of thiazole rings is 1. The topological polar surface area (TPSA) is 33.2 Å². The van der Waals surface area contributed by atoms with Crippen LogP contribution in [-0.2, 0) is 0 Å². The first-order valence-corrected chi connectivity index (χ1v) is 6.33. The number of rotatable bonds is 1. The third-order valence-corrected chi connectivity index (χ3v) is 3.68. The van der Waals surface area contributed by atoms with Gasteiger partial charge in [0.15, 0.2) is 5.01 Å². The van der Waals surface area contributed by atoms with E-state index in [1.54, 1.807) is 5.38 Å². The maximum absolute atomic E-state index is 12.1. The van der Waals surface area contributed by atoms with Crippen LogP contribution in [0.3, 0.4) is 0 Å². The molecule has 0 aromatic carbocycles. The number of hydrogen-bond acceptors (Lipinski definition) is 3. The SMILES string of the molecule is C#Cc1nc(C(=O)N2CCCCC2C)cs1. The number of terminal acetylenes is 1. The van der Waals surface area contributed by atoms with E-state index in [0.29, 0.717) is 16.7 Å². The second-order valence-electron chi connectivity index (χ2n) is 4.03. The molecular formula is C12H14N2OS. The summed E-state index contributed by atoms with van der Waals surface area (Å²) < 4.78 is 0. The van der Waals surface area contributed by atoms with E-state index in [1.807, 2.05) is 4.90 Å². The Morgan fingerprint density at radius 1 is 1.69 bits per heavy atom. The molecule has 1 aliphatic heterocycles. The largest absolute Gasteiger partial charge is 0.335 e. The first kappa shape index (κ1) is 11.2. The number of hydrogen-bond donors (Lipinski definition) is 0. The Kier molecular flexibility index (Phi) is 3.25. The molecule has 0 N–H and O–H groups in total. The van der Waals surface area contributed by atoms with E-state index >= 15 is 0 Å². The van der Waals surface area contributed by atoms with Gasteiger partial charge in [-0.3, -0.25) is 4.79 Å². The highest BCUT2D eigenvalue weighted by Crippen LogP contribution is 2.19. The van der Waals surface area contributed by atoms with Gasteiger partial charge in [-0.2, -0.15) is 0 Å². The zero-order valence-corrected chi connectivity index (χ0v) is 10.1. The quantitative estimate of drug-likeness (QED) is 0.697. The van der Waals surface area contributed by atoms with E-state index in [0.717, 1.165) is 19.4 Å². The van der Waals surface area contributed by atoms with Gasteiger partial charge >= 0.3 is 0 Å². The lowest BCUT2D eigenvalue weighted by molar-refractivity contribution is 0.0630. The van der Waals surface area contributed by atoms with Crippen LogP contribution in [0.15, 0.2) is 5.38 Å². The molecule has 4 heteroatoms. The van der Waals surface area contributed by atoms with Gasteiger partial charge in [-0.25, -0.2) is 4.98 Å². The van der Waals surface area contributed by atoms with Crippen LogP contribution in [0.2, 0.25) is 0 Å². The average molecular weight is 234 g/mol. The molecule has 1 unspecified atom stereocenters. The molecule has 3 nitrogen and oxygen atoms in total. The zero-order chi connectivity index (χ0) is 11.5. The van der Waals surface area contributed by atoms with E-state index in [-0.39, 0.29) is 5.91 Å². The van der Waals surface area contributed by atoms with E-state index in [2.05, 4.69) is 17.8 Å². The van der Waals surface area contributed by atoms with Gasteiger partial charge < -0.3 is 4.90 Å². The molecule has 16 heavy (non-hydrogen) atoms. The molecule has 2 rings (SSSR count). The van der Waals surface area contributed by atoms with Gasteiger partial charge in [0.25, 0.3) is 5.91 Å². The Labute approximate surface area is 99.5 Å². The lowest BCUT2D eigenvalue weighted by Gasteiger charge is -2.32. The lowest BCUT2D eigenvalue weighted by Crippen LogP contribution is -2.42. The molecule has 0 bridgehead atoms. The molecule has 84 valence electrons. The summed E-state index contributed by atoms with van der Waals surface area (Å²) in [6, 6.07) is 0.317. The molecule has 1 aliphatic rings. The molecule has 1 aromatic rings. The number of amides is 1. The first-order chi connectivity index (χ1) is 7.72. The van der Waals surface area contributed by atoms with Crippen LogP contribution < -0.4 is 0 Å². The predicted octanol–water partition coefficient (Wildman–Crippen LogP) is 2.14. The highest BCUT2D eigenvalue weighted by Gasteiger charge is 2.25. The molecule has 0 spiro atoms. The van der Waals surface area contributed by atoms with Gasteiger partial charge in [0.1, 0.15) is 5.69 Å². The fourth-order valence-electron chi connectivity index (χ4n) is 1.99. The van der Waals surface area contributed by atoms with E-state index in [9.17, 15) is 4.79 Å². The van der Waals surface area contributed by atoms with Gasteiger partial charge in [-0.05, 0) is 32.1 Å². The number of nitrogens with zero attached hydrogens (tertiary/aromatic N) is 2. The average Bonchev–Trinajstić information content (AvgIpc) is 2.77. The Bertz CT molecular complexity index is 432. The Hall–Kier alpha value is -1.34. The van der Waals surface area contributed by atoms with E-state index in [1.165, 1.54) is 17.8 Å². The predicted molar refractivity (Wildman–Crippen MR) is 64.4 cm³/mol. The number of likely N-dealkylation sites (tertiary alicyclic amines) is 1. The van der Waals surface area contributed by atoms with Crippen molar-refractivity contribution in [1.82, 2.24) is 9.88 Å². The van der Waals surface area contributed by atoms with E-state index < -0.39 is 0 Å². The molecule has 1 amide bonds. The highest BCUT2D eigenvalue weighted by atomic mass is 32.1. The number of piperidine rings is 1. The van der Waals surface area contributed by atoms with Crippen molar-refractivity contribution in [2.75, 3.05) is 6.54 Å². The fourth-order valence-corrected chi connectivity index (χ4v) is 2.58. The Morgan fingerprint density at radius 3 is 3.12 bits per heavy atom. The van der Waals surface area contributed by atoms with Crippen LogP contribution in [-0.4, -0.2) is 28.4 Å². The zero-order valence-electron chi connectivity index (χ0n) is 9.27. The lowest BCUT2D eigenvalue weighted by atomic mass is 10.0. The first-order valence-electron chi connectivity index (χ1n) is 5.45. The van der Waals surface area contributed by atoms with Crippen molar-refractivity contribution in [1.29, 1.82) is 0 Å². The highest BCUT2D eigenvalue weighted by molar-refractivity contribution is 7.10. The van der Waals surface area contributed by atoms with Crippen LogP contribution in [0, 0.1) is 12.3 Å². The third kappa shape index (κ3) is 2.10. The van der Waals surface area contributed by atoms with Gasteiger partial charge in [-0.1, -0.05) is 0 Å². The van der Waals surface area contributed by atoms with Crippen molar-refractivity contribution in [3.8, 4) is 12.3 Å². The third-order valence-electron chi connectivity index (χ3n) is 2.91. The minimum Gasteiger partial charge on any atom is -0.335 e.